The predicted octanol–water partition coefficient (Wildman–Crippen LogP) is 5.13. The van der Waals surface area contributed by atoms with Gasteiger partial charge in [0.25, 0.3) is 5.91 Å². The van der Waals surface area contributed by atoms with Crippen LogP contribution in [0.2, 0.25) is 5.02 Å². The molecule has 1 aliphatic heterocycles. The first kappa shape index (κ1) is 20.0. The predicted molar refractivity (Wildman–Crippen MR) is 123 cm³/mol. The highest BCUT2D eigenvalue weighted by atomic mass is 35.5. The van der Waals surface area contributed by atoms with Gasteiger partial charge < -0.3 is 9.80 Å². The quantitative estimate of drug-likeness (QED) is 0.431. The van der Waals surface area contributed by atoms with E-state index in [1.165, 1.54) is 23.0 Å². The van der Waals surface area contributed by atoms with Crippen molar-refractivity contribution in [2.75, 3.05) is 31.1 Å². The van der Waals surface area contributed by atoms with Gasteiger partial charge in [0.2, 0.25) is 0 Å². The lowest BCUT2D eigenvalue weighted by molar-refractivity contribution is 0.0740. The molecule has 4 aromatic rings. The van der Waals surface area contributed by atoms with Crippen LogP contribution in [-0.2, 0) is 0 Å². The van der Waals surface area contributed by atoms with Crippen LogP contribution in [0.1, 0.15) is 16.1 Å². The minimum absolute atomic E-state index is 0.00380. The summed E-state index contributed by atoms with van der Waals surface area (Å²) in [6.07, 6.45) is 1.93. The van der Waals surface area contributed by atoms with E-state index in [1.54, 1.807) is 12.1 Å². The van der Waals surface area contributed by atoms with Crippen LogP contribution in [0, 0.1) is 12.7 Å². The average molecular weight is 455 g/mol. The van der Waals surface area contributed by atoms with E-state index in [0.29, 0.717) is 31.9 Å². The Labute approximate surface area is 188 Å². The molecule has 2 aromatic carbocycles. The average Bonchev–Trinajstić information content (AvgIpc) is 3.37. The number of hydrogen-bond acceptors (Lipinski definition) is 4. The second-order valence-electron chi connectivity index (χ2n) is 7.64. The lowest BCUT2D eigenvalue weighted by Crippen LogP contribution is -2.49. The van der Waals surface area contributed by atoms with Crippen molar-refractivity contribution in [2.45, 2.75) is 6.92 Å². The Morgan fingerprint density at radius 1 is 1.10 bits per heavy atom. The van der Waals surface area contributed by atoms with E-state index in [0.717, 1.165) is 21.9 Å². The van der Waals surface area contributed by atoms with Gasteiger partial charge in [0.1, 0.15) is 11.5 Å². The van der Waals surface area contributed by atoms with Gasteiger partial charge in [0, 0.05) is 49.0 Å². The molecule has 158 valence electrons. The maximum atomic E-state index is 13.4. The second kappa shape index (κ2) is 7.98. The van der Waals surface area contributed by atoms with Crippen LogP contribution in [0.5, 0.6) is 0 Å². The smallest absolute Gasteiger partial charge is 0.271 e. The number of halogens is 2. The molecule has 0 unspecified atom stereocenters. The summed E-state index contributed by atoms with van der Waals surface area (Å²) in [5.74, 6) is -0.429. The fourth-order valence-electron chi connectivity index (χ4n) is 3.81. The van der Waals surface area contributed by atoms with Crippen LogP contribution in [0.15, 0.2) is 54.0 Å². The van der Waals surface area contributed by atoms with Crippen molar-refractivity contribution in [3.05, 3.63) is 76.1 Å². The van der Waals surface area contributed by atoms with Crippen LogP contribution >= 0.6 is 22.9 Å². The minimum atomic E-state index is -0.425. The number of benzene rings is 2. The number of rotatable bonds is 3. The molecule has 0 N–H and O–H groups in total. The number of aromatic nitrogens is 2. The van der Waals surface area contributed by atoms with E-state index in [9.17, 15) is 9.18 Å². The first-order valence-electron chi connectivity index (χ1n) is 10.0. The Morgan fingerprint density at radius 2 is 1.84 bits per heavy atom. The van der Waals surface area contributed by atoms with Crippen molar-refractivity contribution < 1.29 is 9.18 Å². The number of thiazole rings is 1. The van der Waals surface area contributed by atoms with Gasteiger partial charge in [-0.15, -0.1) is 11.3 Å². The molecule has 1 aliphatic rings. The molecule has 1 amide bonds. The molecule has 0 saturated carbocycles. The van der Waals surface area contributed by atoms with Crippen molar-refractivity contribution in [1.82, 2.24) is 14.3 Å². The van der Waals surface area contributed by atoms with Crippen molar-refractivity contribution in [1.29, 1.82) is 0 Å². The Balaban J connectivity index is 1.32. The number of piperazine rings is 1. The molecule has 0 radical (unpaired) electrons. The fourth-order valence-corrected chi connectivity index (χ4v) is 4.83. The number of anilines is 1. The van der Waals surface area contributed by atoms with Crippen LogP contribution in [0.4, 0.5) is 10.1 Å². The number of imidazole rings is 1. The monoisotopic (exact) mass is 454 g/mol. The van der Waals surface area contributed by atoms with Crippen LogP contribution in [0.3, 0.4) is 0 Å². The SMILES string of the molecule is Cc1ccc(-c2cn3c(C(=O)N4CCN(c5ccc(F)c(Cl)c5)CC4)csc3n2)cc1. The Kier molecular flexibility index (Phi) is 5.16. The van der Waals surface area contributed by atoms with Gasteiger partial charge in [-0.2, -0.15) is 0 Å². The largest absolute Gasteiger partial charge is 0.368 e. The van der Waals surface area contributed by atoms with Crippen molar-refractivity contribution >= 4 is 39.5 Å². The number of hydrogen-bond donors (Lipinski definition) is 0. The lowest BCUT2D eigenvalue weighted by Gasteiger charge is -2.36. The minimum Gasteiger partial charge on any atom is -0.368 e. The van der Waals surface area contributed by atoms with Crippen molar-refractivity contribution in [3.8, 4) is 11.3 Å². The zero-order valence-corrected chi connectivity index (χ0v) is 18.5. The van der Waals surface area contributed by atoms with E-state index < -0.39 is 5.82 Å². The van der Waals surface area contributed by atoms with E-state index in [2.05, 4.69) is 28.9 Å². The summed E-state index contributed by atoms with van der Waals surface area (Å²) in [5.41, 5.74) is 4.59. The summed E-state index contributed by atoms with van der Waals surface area (Å²) in [7, 11) is 0. The molecular formula is C23H20ClFN4OS. The molecule has 5 nitrogen and oxygen atoms in total. The van der Waals surface area contributed by atoms with E-state index in [1.807, 2.05) is 33.0 Å². The third kappa shape index (κ3) is 3.79. The summed E-state index contributed by atoms with van der Waals surface area (Å²) >= 11 is 7.38. The molecular weight excluding hydrogens is 435 g/mol. The zero-order valence-electron chi connectivity index (χ0n) is 16.9. The number of fused-ring (bicyclic) bond motifs is 1. The normalized spacial score (nSPS) is 14.4. The summed E-state index contributed by atoms with van der Waals surface area (Å²) in [6, 6.07) is 12.9. The highest BCUT2D eigenvalue weighted by Crippen LogP contribution is 2.26. The van der Waals surface area contributed by atoms with E-state index in [-0.39, 0.29) is 10.9 Å². The Morgan fingerprint density at radius 3 is 2.55 bits per heavy atom. The topological polar surface area (TPSA) is 40.9 Å². The standard InChI is InChI=1S/C23H20ClFN4OS/c1-15-2-4-16(5-3-15)20-13-29-21(14-31-23(29)26-20)22(30)28-10-8-27(9-11-28)17-6-7-19(25)18(24)12-17/h2-7,12-14H,8-11H2,1H3. The fraction of sp³-hybridized carbons (Fsp3) is 0.217. The van der Waals surface area contributed by atoms with Crippen LogP contribution in [0.25, 0.3) is 16.2 Å². The van der Waals surface area contributed by atoms with Crippen LogP contribution < -0.4 is 4.90 Å². The Hall–Kier alpha value is -2.90. The summed E-state index contributed by atoms with van der Waals surface area (Å²) in [4.78, 5) is 22.7. The molecule has 2 aromatic heterocycles. The molecule has 3 heterocycles. The summed E-state index contributed by atoms with van der Waals surface area (Å²) in [5, 5.41) is 1.98. The van der Waals surface area contributed by atoms with Gasteiger partial charge in [-0.05, 0) is 25.1 Å². The third-order valence-corrected chi connectivity index (χ3v) is 6.74. The molecule has 1 fully saturated rings. The van der Waals surface area contributed by atoms with Crippen molar-refractivity contribution in [3.63, 3.8) is 0 Å². The highest BCUT2D eigenvalue weighted by Gasteiger charge is 2.25. The molecule has 0 bridgehead atoms. The van der Waals surface area contributed by atoms with Gasteiger partial charge in [-0.3, -0.25) is 9.20 Å². The first-order chi connectivity index (χ1) is 15.0. The molecule has 1 saturated heterocycles. The highest BCUT2D eigenvalue weighted by molar-refractivity contribution is 7.15. The molecule has 8 heteroatoms. The number of aryl methyl sites for hydroxylation is 1. The van der Waals surface area contributed by atoms with Gasteiger partial charge in [0.15, 0.2) is 4.96 Å². The van der Waals surface area contributed by atoms with Gasteiger partial charge in [-0.1, -0.05) is 41.4 Å². The number of nitrogens with zero attached hydrogens (tertiary/aromatic N) is 4. The van der Waals surface area contributed by atoms with Gasteiger partial charge in [-0.25, -0.2) is 9.37 Å². The number of carbonyl (C=O) groups is 1. The van der Waals surface area contributed by atoms with E-state index >= 15 is 0 Å². The molecule has 5 rings (SSSR count). The third-order valence-electron chi connectivity index (χ3n) is 5.61. The van der Waals surface area contributed by atoms with Crippen LogP contribution in [-0.4, -0.2) is 46.4 Å². The van der Waals surface area contributed by atoms with Gasteiger partial charge >= 0.3 is 0 Å². The summed E-state index contributed by atoms with van der Waals surface area (Å²) in [6.45, 7) is 4.56. The number of carbonyl (C=O) groups excluding carboxylic acids is 1. The first-order valence-corrected chi connectivity index (χ1v) is 11.3. The van der Waals surface area contributed by atoms with Gasteiger partial charge in [0.05, 0.1) is 10.7 Å². The number of amides is 1. The summed E-state index contributed by atoms with van der Waals surface area (Å²) < 4.78 is 15.3. The maximum Gasteiger partial charge on any atom is 0.271 e. The van der Waals surface area contributed by atoms with Crippen molar-refractivity contribution in [2.24, 2.45) is 0 Å². The van der Waals surface area contributed by atoms with E-state index in [4.69, 9.17) is 11.6 Å². The second-order valence-corrected chi connectivity index (χ2v) is 8.89. The zero-order chi connectivity index (χ0) is 21.5. The molecule has 0 aliphatic carbocycles. The Bertz CT molecular complexity index is 1260. The maximum absolute atomic E-state index is 13.4. The molecule has 0 atom stereocenters. The molecule has 0 spiro atoms. The lowest BCUT2D eigenvalue weighted by atomic mass is 10.1. The molecule has 31 heavy (non-hydrogen) atoms.